The molecule has 2 aliphatic carbocycles. The second-order valence-corrected chi connectivity index (χ2v) is 11.1. The van der Waals surface area contributed by atoms with Crippen LogP contribution >= 0.6 is 0 Å². The molecular weight excluding hydrogens is 595 g/mol. The third-order valence-electron chi connectivity index (χ3n) is 6.67. The van der Waals surface area contributed by atoms with Crippen LogP contribution in [-0.2, 0) is 30.7 Å². The summed E-state index contributed by atoms with van der Waals surface area (Å²) in [6, 6.07) is 39.2. The Hall–Kier alpha value is -2.31. The average molecular weight is 629 g/mol. The summed E-state index contributed by atoms with van der Waals surface area (Å²) in [4.78, 5) is 0. The van der Waals surface area contributed by atoms with Gasteiger partial charge in [-0.2, -0.15) is 41.5 Å². The van der Waals surface area contributed by atoms with E-state index >= 15 is 0 Å². The number of hydrogen-bond acceptors (Lipinski definition) is 0. The molecule has 0 saturated heterocycles. The topological polar surface area (TPSA) is 0 Å². The summed E-state index contributed by atoms with van der Waals surface area (Å²) >= 11 is 1.46. The van der Waals surface area contributed by atoms with Crippen LogP contribution in [0.3, 0.4) is 0 Å². The third kappa shape index (κ3) is 8.84. The van der Waals surface area contributed by atoms with Gasteiger partial charge < -0.3 is 24.8 Å². The van der Waals surface area contributed by atoms with E-state index in [2.05, 4.69) is 143 Å². The fraction of sp³-hybridized carbons (Fsp3) is 0.194. The minimum atomic E-state index is 0. The number of halogens is 2. The molecule has 4 aromatic carbocycles. The molecule has 0 aliphatic heterocycles. The van der Waals surface area contributed by atoms with E-state index in [1.807, 2.05) is 6.07 Å². The maximum absolute atomic E-state index is 3.37. The Morgan fingerprint density at radius 1 is 0.769 bits per heavy atom. The van der Waals surface area contributed by atoms with Crippen LogP contribution in [0.25, 0.3) is 11.1 Å². The van der Waals surface area contributed by atoms with Crippen molar-refractivity contribution in [1.29, 1.82) is 0 Å². The predicted molar refractivity (Wildman–Crippen MR) is 154 cm³/mol. The van der Waals surface area contributed by atoms with Gasteiger partial charge in [-0.25, -0.2) is 5.57 Å². The molecule has 198 valence electrons. The van der Waals surface area contributed by atoms with Gasteiger partial charge in [-0.3, -0.25) is 6.08 Å². The number of hydrogen-bond donors (Lipinski definition) is 0. The Balaban J connectivity index is 0.000000203. The van der Waals surface area contributed by atoms with Crippen molar-refractivity contribution in [2.75, 3.05) is 0 Å². The number of allylic oxidation sites excluding steroid dienone is 4. The first-order valence-corrected chi connectivity index (χ1v) is 14.3. The zero-order valence-corrected chi connectivity index (χ0v) is 27.0. The normalized spacial score (nSPS) is 14.1. The average Bonchev–Trinajstić information content (AvgIpc) is 3.49. The molecule has 6 rings (SSSR count). The molecule has 0 amide bonds. The van der Waals surface area contributed by atoms with E-state index in [-0.39, 0.29) is 24.8 Å². The second-order valence-electron chi connectivity index (χ2n) is 9.84. The molecule has 1 unspecified atom stereocenters. The summed E-state index contributed by atoms with van der Waals surface area (Å²) in [5.74, 6) is 1.20. The van der Waals surface area contributed by atoms with Crippen LogP contribution in [0, 0.1) is 24.0 Å². The summed E-state index contributed by atoms with van der Waals surface area (Å²) in [7, 11) is 0. The van der Waals surface area contributed by atoms with E-state index in [0.29, 0.717) is 11.8 Å². The van der Waals surface area contributed by atoms with Crippen LogP contribution in [0.4, 0.5) is 0 Å². The molecular formula is C36H34Cl2Zr-2. The standard InChI is InChI=1S/C13H9.C13H10.C10H15.2ClH.Zr/c1-3-7-12-10(5-1)9-11-6-2-4-8-13(11)12;1-3-7-12(8-4-1)11-13-9-5-2-6-10-13;1-7(2)10-6-8(3)5-9(10)4;;;/h1-5,7-8H,9H2;1-10H;6-8H,1-4H3;2*1H;/q-1;;-1;;;+2/p-2. The van der Waals surface area contributed by atoms with Gasteiger partial charge in [0.2, 0.25) is 0 Å². The summed E-state index contributed by atoms with van der Waals surface area (Å²) < 4.78 is 1.42. The van der Waals surface area contributed by atoms with Gasteiger partial charge in [0.15, 0.2) is 0 Å². The molecule has 4 aromatic rings. The van der Waals surface area contributed by atoms with Crippen LogP contribution in [0.15, 0.2) is 120 Å². The van der Waals surface area contributed by atoms with E-state index in [9.17, 15) is 0 Å². The van der Waals surface area contributed by atoms with E-state index in [0.717, 1.165) is 6.42 Å². The van der Waals surface area contributed by atoms with Gasteiger partial charge in [0.05, 0.1) is 0 Å². The first-order valence-electron chi connectivity index (χ1n) is 13.0. The molecule has 0 aromatic heterocycles. The first kappa shape index (κ1) is 32.9. The minimum absolute atomic E-state index is 0. The Bertz CT molecular complexity index is 1320. The molecule has 1 atom stereocenters. The number of benzene rings is 4. The van der Waals surface area contributed by atoms with Crippen molar-refractivity contribution in [1.82, 2.24) is 0 Å². The van der Waals surface area contributed by atoms with Gasteiger partial charge in [-0.1, -0.05) is 74.9 Å². The summed E-state index contributed by atoms with van der Waals surface area (Å²) in [6.45, 7) is 8.79. The Morgan fingerprint density at radius 2 is 1.31 bits per heavy atom. The van der Waals surface area contributed by atoms with E-state index in [1.165, 1.54) is 72.0 Å². The van der Waals surface area contributed by atoms with Crippen molar-refractivity contribution in [3.63, 3.8) is 0 Å². The van der Waals surface area contributed by atoms with Crippen LogP contribution in [0.2, 0.25) is 0 Å². The van der Waals surface area contributed by atoms with Crippen LogP contribution in [-0.4, -0.2) is 3.21 Å². The van der Waals surface area contributed by atoms with Crippen LogP contribution in [0.5, 0.6) is 0 Å². The van der Waals surface area contributed by atoms with Gasteiger partial charge in [-0.15, -0.1) is 5.56 Å². The van der Waals surface area contributed by atoms with E-state index in [4.69, 9.17) is 0 Å². The Morgan fingerprint density at radius 3 is 1.82 bits per heavy atom. The maximum Gasteiger partial charge on any atom is -0.0253 e. The Kier molecular flexibility index (Phi) is 13.6. The summed E-state index contributed by atoms with van der Waals surface area (Å²) in [5, 5.41) is 0. The quantitative estimate of drug-likeness (QED) is 0.270. The predicted octanol–water partition coefficient (Wildman–Crippen LogP) is 2.84. The molecule has 0 radical (unpaired) electrons. The number of rotatable bonds is 3. The smallest absolute Gasteiger partial charge is 0.0253 e. The van der Waals surface area contributed by atoms with Crippen molar-refractivity contribution in [3.05, 3.63) is 155 Å². The molecule has 0 bridgehead atoms. The van der Waals surface area contributed by atoms with Crippen molar-refractivity contribution in [3.8, 4) is 11.1 Å². The molecule has 0 fully saturated rings. The molecule has 0 spiro atoms. The number of fused-ring (bicyclic) bond motifs is 3. The van der Waals surface area contributed by atoms with Crippen LogP contribution < -0.4 is 24.8 Å². The molecule has 39 heavy (non-hydrogen) atoms. The van der Waals surface area contributed by atoms with Crippen molar-refractivity contribution in [2.24, 2.45) is 11.8 Å². The van der Waals surface area contributed by atoms with E-state index in [1.54, 1.807) is 0 Å². The van der Waals surface area contributed by atoms with Gasteiger partial charge in [0.25, 0.3) is 0 Å². The van der Waals surface area contributed by atoms with Gasteiger partial charge in [0, 0.05) is 0 Å². The molecule has 3 heteroatoms. The zero-order valence-electron chi connectivity index (χ0n) is 23.0. The van der Waals surface area contributed by atoms with Crippen molar-refractivity contribution < 1.29 is 49.0 Å². The maximum atomic E-state index is 3.37. The SMILES string of the molecule is CC1=[C-]C(C)C=C1C(C)C.[Cl-].[Cl-].[Zr+2]=[C](c1ccccc1)c1ccccc1.[c-]1cccc2c1Cc1ccccc1-2. The van der Waals surface area contributed by atoms with Crippen molar-refractivity contribution >= 4 is 3.21 Å². The molecule has 0 saturated carbocycles. The van der Waals surface area contributed by atoms with E-state index < -0.39 is 0 Å². The van der Waals surface area contributed by atoms with Crippen molar-refractivity contribution in [2.45, 2.75) is 34.1 Å². The largest absolute Gasteiger partial charge is 0.179 e. The van der Waals surface area contributed by atoms with Crippen LogP contribution in [0.1, 0.15) is 49.9 Å². The zero-order chi connectivity index (χ0) is 26.2. The molecule has 0 N–H and O–H groups in total. The molecule has 0 heterocycles. The summed E-state index contributed by atoms with van der Waals surface area (Å²) in [5.41, 5.74) is 11.0. The second kappa shape index (κ2) is 16.1. The fourth-order valence-corrected chi connectivity index (χ4v) is 5.68. The Labute approximate surface area is 262 Å². The fourth-order valence-electron chi connectivity index (χ4n) is 4.86. The molecule has 2 aliphatic rings. The molecule has 0 nitrogen and oxygen atoms in total. The first-order chi connectivity index (χ1) is 17.9. The summed E-state index contributed by atoms with van der Waals surface area (Å²) in [6.07, 6.45) is 6.73. The van der Waals surface area contributed by atoms with Gasteiger partial charge >= 0.3 is 99.2 Å². The third-order valence-corrected chi connectivity index (χ3v) is 8.09. The monoisotopic (exact) mass is 626 g/mol. The minimum Gasteiger partial charge on any atom is -0.179 e. The van der Waals surface area contributed by atoms with Gasteiger partial charge in [-0.05, 0) is 6.42 Å². The van der Waals surface area contributed by atoms with Gasteiger partial charge in [0.1, 0.15) is 0 Å².